The van der Waals surface area contributed by atoms with E-state index >= 15 is 0 Å². The van der Waals surface area contributed by atoms with Crippen molar-refractivity contribution in [2.75, 3.05) is 46.2 Å². The van der Waals surface area contributed by atoms with Crippen molar-refractivity contribution in [1.82, 2.24) is 20.6 Å². The van der Waals surface area contributed by atoms with Gasteiger partial charge in [0, 0.05) is 42.9 Å². The van der Waals surface area contributed by atoms with Crippen LogP contribution >= 0.6 is 11.8 Å². The topological polar surface area (TPSA) is 97.5 Å². The van der Waals surface area contributed by atoms with Crippen molar-refractivity contribution in [2.45, 2.75) is 36.9 Å². The molecule has 198 valence electrons. The van der Waals surface area contributed by atoms with E-state index in [2.05, 4.69) is 15.6 Å². The molecule has 1 aliphatic heterocycles. The van der Waals surface area contributed by atoms with Crippen LogP contribution in [-0.4, -0.2) is 68.2 Å². The molecule has 0 aliphatic carbocycles. The van der Waals surface area contributed by atoms with Crippen LogP contribution in [0.3, 0.4) is 0 Å². The van der Waals surface area contributed by atoms with Crippen LogP contribution in [-0.2, 0) is 9.53 Å². The number of benzene rings is 2. The van der Waals surface area contributed by atoms with Gasteiger partial charge in [0.15, 0.2) is 5.16 Å². The summed E-state index contributed by atoms with van der Waals surface area (Å²) in [5.74, 6) is 2.61. The van der Waals surface area contributed by atoms with Crippen molar-refractivity contribution in [2.24, 2.45) is 0 Å². The summed E-state index contributed by atoms with van der Waals surface area (Å²) in [4.78, 5) is 20.6. The molecule has 1 atom stereocenters. The monoisotopic (exact) mass is 524 g/mol. The molecule has 0 radical (unpaired) electrons. The van der Waals surface area contributed by atoms with Crippen LogP contribution in [0.4, 0.5) is 0 Å². The highest BCUT2D eigenvalue weighted by Crippen LogP contribution is 2.34. The van der Waals surface area contributed by atoms with Gasteiger partial charge in [-0.05, 0) is 67.8 Å². The molecule has 8 nitrogen and oxygen atoms in total. The number of unbranched alkanes of at least 4 members (excludes halogenated alkanes) is 1. The Bertz CT molecular complexity index is 1050. The van der Waals surface area contributed by atoms with Crippen molar-refractivity contribution in [3.63, 3.8) is 0 Å². The number of aromatic amines is 1. The van der Waals surface area contributed by atoms with Crippen LogP contribution in [0.15, 0.2) is 53.7 Å². The number of rotatable bonds is 13. The van der Waals surface area contributed by atoms with Gasteiger partial charge in [0.05, 0.1) is 38.3 Å². The predicted octanol–water partition coefficient (Wildman–Crippen LogP) is 4.52. The first-order valence-corrected chi connectivity index (χ1v) is 13.8. The molecule has 3 aromatic rings. The third-order valence-electron chi connectivity index (χ3n) is 6.25. The number of methoxy groups -OCH3 is 2. The number of hydrogen-bond acceptors (Lipinski definition) is 7. The average Bonchev–Trinajstić information content (AvgIpc) is 3.37. The number of H-pyrrole nitrogens is 1. The Hall–Kier alpha value is -3.01. The second kappa shape index (κ2) is 14.1. The first-order valence-electron chi connectivity index (χ1n) is 12.8. The number of aromatic nitrogens is 2. The molecular formula is C28H36N4O4S. The molecule has 4 rings (SSSR count). The van der Waals surface area contributed by atoms with Gasteiger partial charge in [0.25, 0.3) is 0 Å². The van der Waals surface area contributed by atoms with Gasteiger partial charge in [0.1, 0.15) is 11.5 Å². The Kier molecular flexibility index (Phi) is 10.3. The molecule has 0 bridgehead atoms. The third-order valence-corrected chi connectivity index (χ3v) is 7.21. The van der Waals surface area contributed by atoms with E-state index in [1.165, 1.54) is 0 Å². The van der Waals surface area contributed by atoms with Crippen LogP contribution in [0.25, 0.3) is 22.5 Å². The average molecular weight is 525 g/mol. The number of amides is 1. The molecule has 1 aromatic heterocycles. The number of nitrogens with one attached hydrogen (secondary N) is 3. The van der Waals surface area contributed by atoms with Crippen LogP contribution in [0, 0.1) is 0 Å². The molecule has 1 amide bonds. The lowest BCUT2D eigenvalue weighted by atomic mass is 10.0. The number of thioether (sulfide) groups is 1. The van der Waals surface area contributed by atoms with Crippen LogP contribution < -0.4 is 20.1 Å². The fourth-order valence-electron chi connectivity index (χ4n) is 4.17. The largest absolute Gasteiger partial charge is 0.497 e. The number of hydrogen-bond donors (Lipinski definition) is 3. The van der Waals surface area contributed by atoms with Crippen LogP contribution in [0.1, 0.15) is 25.7 Å². The summed E-state index contributed by atoms with van der Waals surface area (Å²) < 4.78 is 16.3. The predicted molar refractivity (Wildman–Crippen MR) is 147 cm³/mol. The molecule has 0 saturated carbocycles. The van der Waals surface area contributed by atoms with Crippen molar-refractivity contribution in [1.29, 1.82) is 0 Å². The molecular weight excluding hydrogens is 488 g/mol. The molecule has 0 spiro atoms. The number of imidazole rings is 1. The highest BCUT2D eigenvalue weighted by molar-refractivity contribution is 7.99. The number of morpholine rings is 1. The molecule has 2 heterocycles. The number of carbonyl (C=O) groups excluding carboxylic acids is 1. The van der Waals surface area contributed by atoms with Gasteiger partial charge in [-0.2, -0.15) is 0 Å². The van der Waals surface area contributed by atoms with Crippen molar-refractivity contribution in [3.8, 4) is 34.0 Å². The quantitative estimate of drug-likeness (QED) is 0.223. The van der Waals surface area contributed by atoms with Gasteiger partial charge in [-0.3, -0.25) is 4.79 Å². The molecule has 1 saturated heterocycles. The maximum Gasteiger partial charge on any atom is 0.219 e. The Morgan fingerprint density at radius 2 is 1.76 bits per heavy atom. The lowest BCUT2D eigenvalue weighted by molar-refractivity contribution is -0.121. The molecule has 1 aliphatic rings. The number of nitrogens with zero attached hydrogens (tertiary/aromatic N) is 1. The minimum Gasteiger partial charge on any atom is -0.497 e. The van der Waals surface area contributed by atoms with E-state index in [9.17, 15) is 4.79 Å². The Labute approximate surface area is 222 Å². The van der Waals surface area contributed by atoms with E-state index < -0.39 is 0 Å². The first kappa shape index (κ1) is 27.0. The third kappa shape index (κ3) is 7.99. The van der Waals surface area contributed by atoms with Gasteiger partial charge < -0.3 is 29.8 Å². The molecule has 9 heteroatoms. The summed E-state index contributed by atoms with van der Waals surface area (Å²) in [5, 5.41) is 7.18. The highest BCUT2D eigenvalue weighted by Gasteiger charge is 2.16. The zero-order valence-corrected chi connectivity index (χ0v) is 22.4. The van der Waals surface area contributed by atoms with Gasteiger partial charge in [-0.1, -0.05) is 11.8 Å². The highest BCUT2D eigenvalue weighted by atomic mass is 32.2. The molecule has 3 N–H and O–H groups in total. The number of carbonyl (C=O) groups is 1. The molecule has 37 heavy (non-hydrogen) atoms. The van der Waals surface area contributed by atoms with Crippen molar-refractivity contribution >= 4 is 17.7 Å². The maximum atomic E-state index is 12.2. The van der Waals surface area contributed by atoms with Crippen LogP contribution in [0.2, 0.25) is 0 Å². The van der Waals surface area contributed by atoms with E-state index in [4.69, 9.17) is 19.2 Å². The van der Waals surface area contributed by atoms with E-state index in [0.717, 1.165) is 83.9 Å². The summed E-state index contributed by atoms with van der Waals surface area (Å²) in [7, 11) is 3.32. The zero-order chi connectivity index (χ0) is 25.9. The van der Waals surface area contributed by atoms with Crippen molar-refractivity contribution < 1.29 is 19.0 Å². The van der Waals surface area contributed by atoms with E-state index in [1.807, 2.05) is 48.5 Å². The summed E-state index contributed by atoms with van der Waals surface area (Å²) in [6.07, 6.45) is 3.36. The summed E-state index contributed by atoms with van der Waals surface area (Å²) in [6, 6.07) is 15.9. The SMILES string of the molecule is COc1ccc(-c2nc(SCCCCC(=O)NCCC3CNCCO3)[nH]c2-c2ccc(OC)cc2)cc1. The number of ether oxygens (including phenoxy) is 3. The second-order valence-corrected chi connectivity index (χ2v) is 9.95. The lowest BCUT2D eigenvalue weighted by Gasteiger charge is -2.23. The zero-order valence-electron chi connectivity index (χ0n) is 21.5. The summed E-state index contributed by atoms with van der Waals surface area (Å²) in [5.41, 5.74) is 3.91. The maximum absolute atomic E-state index is 12.2. The smallest absolute Gasteiger partial charge is 0.219 e. The first-order chi connectivity index (χ1) is 18.2. The molecule has 1 unspecified atom stereocenters. The van der Waals surface area contributed by atoms with Gasteiger partial charge >= 0.3 is 0 Å². The Morgan fingerprint density at radius 1 is 1.05 bits per heavy atom. The van der Waals surface area contributed by atoms with Gasteiger partial charge in [-0.15, -0.1) is 0 Å². The Balaban J connectivity index is 1.29. The minimum atomic E-state index is 0.107. The van der Waals surface area contributed by atoms with Crippen LogP contribution in [0.5, 0.6) is 11.5 Å². The standard InChI is InChI=1S/C28H36N4O4S/c1-34-22-10-6-20(7-11-22)26-27(21-8-12-23(35-2)13-9-21)32-28(31-26)37-18-4-3-5-25(33)30-15-14-24-19-29-16-17-36-24/h6-13,24,29H,3-5,14-19H2,1-2H3,(H,30,33)(H,31,32). The molecule has 1 fully saturated rings. The molecule has 2 aromatic carbocycles. The summed E-state index contributed by atoms with van der Waals surface area (Å²) in [6.45, 7) is 3.18. The lowest BCUT2D eigenvalue weighted by Crippen LogP contribution is -2.40. The van der Waals surface area contributed by atoms with E-state index in [-0.39, 0.29) is 12.0 Å². The second-order valence-electron chi connectivity index (χ2n) is 8.86. The normalized spacial score (nSPS) is 15.4. The summed E-state index contributed by atoms with van der Waals surface area (Å²) >= 11 is 1.68. The van der Waals surface area contributed by atoms with Gasteiger partial charge in [-0.25, -0.2) is 4.98 Å². The minimum absolute atomic E-state index is 0.107. The fourth-order valence-corrected chi connectivity index (χ4v) is 5.04. The van der Waals surface area contributed by atoms with Gasteiger partial charge in [0.2, 0.25) is 5.91 Å². The van der Waals surface area contributed by atoms with E-state index in [0.29, 0.717) is 13.0 Å². The Morgan fingerprint density at radius 3 is 2.41 bits per heavy atom. The van der Waals surface area contributed by atoms with E-state index in [1.54, 1.807) is 26.0 Å². The van der Waals surface area contributed by atoms with Crippen molar-refractivity contribution in [3.05, 3.63) is 48.5 Å². The fraction of sp³-hybridized carbons (Fsp3) is 0.429.